The molecule has 0 aromatic heterocycles. The van der Waals surface area contributed by atoms with E-state index in [1.807, 2.05) is 0 Å². The van der Waals surface area contributed by atoms with Gasteiger partial charge in [0.05, 0.1) is 0 Å². The van der Waals surface area contributed by atoms with Gasteiger partial charge in [-0.3, -0.25) is 4.90 Å². The molecule has 14 heavy (non-hydrogen) atoms. The van der Waals surface area contributed by atoms with Gasteiger partial charge in [-0.05, 0) is 53.1 Å². The summed E-state index contributed by atoms with van der Waals surface area (Å²) in [7, 11) is 0. The number of likely N-dealkylation sites (tertiary alicyclic amines) is 1. The van der Waals surface area contributed by atoms with Crippen molar-refractivity contribution in [1.82, 2.24) is 10.2 Å². The largest absolute Gasteiger partial charge is 0.314 e. The normalized spacial score (nSPS) is 27.9. The van der Waals surface area contributed by atoms with Crippen LogP contribution in [-0.2, 0) is 0 Å². The number of rotatable bonds is 5. The molecule has 0 radical (unpaired) electrons. The number of nitrogens with one attached hydrogen (secondary N) is 1. The molecule has 1 saturated heterocycles. The SMILES string of the molecule is CCNC(C)CC(C)N1CCCC1C. The van der Waals surface area contributed by atoms with Gasteiger partial charge < -0.3 is 5.32 Å². The van der Waals surface area contributed by atoms with E-state index in [-0.39, 0.29) is 0 Å². The van der Waals surface area contributed by atoms with Crippen molar-refractivity contribution in [2.45, 2.75) is 65.1 Å². The minimum absolute atomic E-state index is 0.655. The molecule has 1 heterocycles. The van der Waals surface area contributed by atoms with Crippen LogP contribution in [0.3, 0.4) is 0 Å². The van der Waals surface area contributed by atoms with Crippen LogP contribution < -0.4 is 5.32 Å². The first-order valence-corrected chi connectivity index (χ1v) is 6.14. The van der Waals surface area contributed by atoms with Crippen LogP contribution in [0.2, 0.25) is 0 Å². The first kappa shape index (κ1) is 12.0. The number of nitrogens with zero attached hydrogens (tertiary/aromatic N) is 1. The summed E-state index contributed by atoms with van der Waals surface area (Å²) in [5, 5.41) is 3.49. The maximum Gasteiger partial charge on any atom is 0.00844 e. The number of hydrogen-bond acceptors (Lipinski definition) is 2. The van der Waals surface area contributed by atoms with E-state index in [2.05, 4.69) is 37.9 Å². The molecule has 1 aliphatic heterocycles. The molecular weight excluding hydrogens is 172 g/mol. The molecule has 0 aromatic carbocycles. The lowest BCUT2D eigenvalue weighted by Crippen LogP contribution is -2.40. The lowest BCUT2D eigenvalue weighted by Gasteiger charge is -2.30. The Kier molecular flexibility index (Phi) is 4.90. The molecule has 0 amide bonds. The molecule has 1 aliphatic rings. The minimum atomic E-state index is 0.655. The molecule has 0 bridgehead atoms. The molecule has 0 saturated carbocycles. The first-order valence-electron chi connectivity index (χ1n) is 6.14. The van der Waals surface area contributed by atoms with Crippen molar-refractivity contribution in [2.24, 2.45) is 0 Å². The monoisotopic (exact) mass is 198 g/mol. The van der Waals surface area contributed by atoms with Crippen molar-refractivity contribution in [1.29, 1.82) is 0 Å². The van der Waals surface area contributed by atoms with E-state index in [4.69, 9.17) is 0 Å². The fourth-order valence-electron chi connectivity index (χ4n) is 2.69. The van der Waals surface area contributed by atoms with Gasteiger partial charge in [-0.2, -0.15) is 0 Å². The summed E-state index contributed by atoms with van der Waals surface area (Å²) in [6.45, 7) is 11.6. The summed E-state index contributed by atoms with van der Waals surface area (Å²) < 4.78 is 0. The second-order valence-electron chi connectivity index (χ2n) is 4.77. The molecule has 1 N–H and O–H groups in total. The third kappa shape index (κ3) is 3.25. The van der Waals surface area contributed by atoms with Crippen molar-refractivity contribution in [3.8, 4) is 0 Å². The summed E-state index contributed by atoms with van der Waals surface area (Å²) in [6, 6.07) is 2.20. The lowest BCUT2D eigenvalue weighted by atomic mass is 10.1. The summed E-state index contributed by atoms with van der Waals surface area (Å²) in [4.78, 5) is 2.66. The van der Waals surface area contributed by atoms with E-state index in [1.165, 1.54) is 25.8 Å². The Morgan fingerprint density at radius 1 is 1.43 bits per heavy atom. The van der Waals surface area contributed by atoms with Gasteiger partial charge in [0.1, 0.15) is 0 Å². The predicted molar refractivity (Wildman–Crippen MR) is 62.6 cm³/mol. The highest BCUT2D eigenvalue weighted by molar-refractivity contribution is 4.81. The van der Waals surface area contributed by atoms with Gasteiger partial charge in [0, 0.05) is 18.1 Å². The van der Waals surface area contributed by atoms with Crippen molar-refractivity contribution in [2.75, 3.05) is 13.1 Å². The van der Waals surface area contributed by atoms with Gasteiger partial charge in [0.25, 0.3) is 0 Å². The van der Waals surface area contributed by atoms with Crippen molar-refractivity contribution in [3.63, 3.8) is 0 Å². The zero-order chi connectivity index (χ0) is 10.6. The van der Waals surface area contributed by atoms with Crippen LogP contribution in [0.1, 0.15) is 47.0 Å². The highest BCUT2D eigenvalue weighted by atomic mass is 15.2. The molecule has 2 nitrogen and oxygen atoms in total. The highest BCUT2D eigenvalue weighted by Gasteiger charge is 2.25. The van der Waals surface area contributed by atoms with Gasteiger partial charge in [-0.15, -0.1) is 0 Å². The second-order valence-corrected chi connectivity index (χ2v) is 4.77. The smallest absolute Gasteiger partial charge is 0.00844 e. The van der Waals surface area contributed by atoms with Crippen LogP contribution in [0.15, 0.2) is 0 Å². The fourth-order valence-corrected chi connectivity index (χ4v) is 2.69. The maximum atomic E-state index is 3.49. The first-order chi connectivity index (χ1) is 6.65. The molecule has 0 aromatic rings. The van der Waals surface area contributed by atoms with E-state index in [1.54, 1.807) is 0 Å². The summed E-state index contributed by atoms with van der Waals surface area (Å²) >= 11 is 0. The Morgan fingerprint density at radius 2 is 2.14 bits per heavy atom. The zero-order valence-electron chi connectivity index (χ0n) is 10.2. The summed E-state index contributed by atoms with van der Waals surface area (Å²) in [6.07, 6.45) is 4.05. The Labute approximate surface area is 89.1 Å². The van der Waals surface area contributed by atoms with E-state index in [0.29, 0.717) is 6.04 Å². The van der Waals surface area contributed by atoms with Gasteiger partial charge in [-0.1, -0.05) is 6.92 Å². The molecule has 2 heteroatoms. The van der Waals surface area contributed by atoms with E-state index < -0.39 is 0 Å². The third-order valence-electron chi connectivity index (χ3n) is 3.42. The van der Waals surface area contributed by atoms with Gasteiger partial charge in [-0.25, -0.2) is 0 Å². The van der Waals surface area contributed by atoms with E-state index >= 15 is 0 Å². The maximum absolute atomic E-state index is 3.49. The topological polar surface area (TPSA) is 15.3 Å². The van der Waals surface area contributed by atoms with Gasteiger partial charge in [0.15, 0.2) is 0 Å². The molecule has 0 aliphatic carbocycles. The Balaban J connectivity index is 2.29. The number of hydrogen-bond donors (Lipinski definition) is 1. The molecule has 0 spiro atoms. The van der Waals surface area contributed by atoms with Crippen LogP contribution in [0.25, 0.3) is 0 Å². The molecule has 3 unspecified atom stereocenters. The van der Waals surface area contributed by atoms with Crippen molar-refractivity contribution in [3.05, 3.63) is 0 Å². The quantitative estimate of drug-likeness (QED) is 0.729. The average molecular weight is 198 g/mol. The van der Waals surface area contributed by atoms with Crippen LogP contribution in [0, 0.1) is 0 Å². The van der Waals surface area contributed by atoms with Crippen LogP contribution in [0.5, 0.6) is 0 Å². The van der Waals surface area contributed by atoms with Gasteiger partial charge >= 0.3 is 0 Å². The average Bonchev–Trinajstić information content (AvgIpc) is 2.51. The molecule has 1 fully saturated rings. The minimum Gasteiger partial charge on any atom is -0.314 e. The Hall–Kier alpha value is -0.0800. The van der Waals surface area contributed by atoms with Crippen LogP contribution >= 0.6 is 0 Å². The zero-order valence-corrected chi connectivity index (χ0v) is 10.2. The van der Waals surface area contributed by atoms with Gasteiger partial charge in [0.2, 0.25) is 0 Å². The predicted octanol–water partition coefficient (Wildman–Crippen LogP) is 2.25. The second kappa shape index (κ2) is 5.72. The molecule has 1 rings (SSSR count). The van der Waals surface area contributed by atoms with Crippen molar-refractivity contribution >= 4 is 0 Å². The van der Waals surface area contributed by atoms with Crippen molar-refractivity contribution < 1.29 is 0 Å². The summed E-state index contributed by atoms with van der Waals surface area (Å²) in [5.41, 5.74) is 0. The Morgan fingerprint density at radius 3 is 2.64 bits per heavy atom. The van der Waals surface area contributed by atoms with E-state index in [0.717, 1.165) is 18.6 Å². The third-order valence-corrected chi connectivity index (χ3v) is 3.42. The fraction of sp³-hybridized carbons (Fsp3) is 1.00. The molecule has 84 valence electrons. The molecular formula is C12H26N2. The van der Waals surface area contributed by atoms with Crippen LogP contribution in [0.4, 0.5) is 0 Å². The standard InChI is InChI=1S/C12H26N2/c1-5-13-10(2)9-12(4)14-8-6-7-11(14)3/h10-13H,5-9H2,1-4H3. The van der Waals surface area contributed by atoms with E-state index in [9.17, 15) is 0 Å². The molecule has 3 atom stereocenters. The lowest BCUT2D eigenvalue weighted by molar-refractivity contribution is 0.183. The summed E-state index contributed by atoms with van der Waals surface area (Å²) in [5.74, 6) is 0. The van der Waals surface area contributed by atoms with Crippen LogP contribution in [-0.4, -0.2) is 36.1 Å². The Bertz CT molecular complexity index is 158. The highest BCUT2D eigenvalue weighted by Crippen LogP contribution is 2.21.